The fourth-order valence-electron chi connectivity index (χ4n) is 5.77. The lowest BCUT2D eigenvalue weighted by Gasteiger charge is -2.43. The molecule has 0 bridgehead atoms. The van der Waals surface area contributed by atoms with E-state index >= 15 is 0 Å². The van der Waals surface area contributed by atoms with Gasteiger partial charge in [0.05, 0.1) is 18.4 Å². The Morgan fingerprint density at radius 3 is 2.49 bits per heavy atom. The molecule has 0 saturated heterocycles. The van der Waals surface area contributed by atoms with Gasteiger partial charge < -0.3 is 14.7 Å². The predicted molar refractivity (Wildman–Crippen MR) is 156 cm³/mol. The highest BCUT2D eigenvalue weighted by Gasteiger charge is 2.47. The Balaban J connectivity index is 1.75. The number of hydrogen-bond donors (Lipinski definition) is 1. The first-order valence-corrected chi connectivity index (χ1v) is 13.5. The van der Waals surface area contributed by atoms with Gasteiger partial charge >= 0.3 is 0 Å². The number of nitrogens with zero attached hydrogens (tertiary/aromatic N) is 2. The number of benzene rings is 4. The second kappa shape index (κ2) is 10.8. The van der Waals surface area contributed by atoms with Crippen LogP contribution in [-0.4, -0.2) is 43.7 Å². The molecule has 190 valence electrons. The van der Waals surface area contributed by atoms with Crippen LogP contribution in [0, 0.1) is 5.92 Å². The molecule has 0 fully saturated rings. The molecular formula is C32H33BrN2O2. The van der Waals surface area contributed by atoms with E-state index in [1.807, 2.05) is 30.3 Å². The summed E-state index contributed by atoms with van der Waals surface area (Å²) in [6, 6.07) is 31.1. The summed E-state index contributed by atoms with van der Waals surface area (Å²) in [7, 11) is 5.80. The normalized spacial score (nSPS) is 17.7. The van der Waals surface area contributed by atoms with E-state index in [1.165, 1.54) is 0 Å². The molecule has 1 N–H and O–H groups in total. The van der Waals surface area contributed by atoms with Gasteiger partial charge in [-0.25, -0.2) is 4.99 Å². The number of aliphatic hydroxyl groups is 1. The van der Waals surface area contributed by atoms with E-state index in [0.717, 1.165) is 50.6 Å². The first-order valence-electron chi connectivity index (χ1n) is 12.7. The van der Waals surface area contributed by atoms with Gasteiger partial charge in [-0.15, -0.1) is 0 Å². The Bertz CT molecular complexity index is 1410. The van der Waals surface area contributed by atoms with Crippen LogP contribution in [0.1, 0.15) is 29.0 Å². The van der Waals surface area contributed by atoms with Crippen molar-refractivity contribution in [3.8, 4) is 0 Å². The van der Waals surface area contributed by atoms with Gasteiger partial charge in [0.15, 0.2) is 5.90 Å². The van der Waals surface area contributed by atoms with Crippen LogP contribution in [0.3, 0.4) is 0 Å². The molecule has 37 heavy (non-hydrogen) atoms. The number of fused-ring (bicyclic) bond motifs is 2. The Labute approximate surface area is 227 Å². The number of rotatable bonds is 7. The molecule has 3 atom stereocenters. The molecule has 4 nitrogen and oxygen atoms in total. The van der Waals surface area contributed by atoms with E-state index in [4.69, 9.17) is 9.73 Å². The van der Waals surface area contributed by atoms with Crippen molar-refractivity contribution < 1.29 is 9.84 Å². The quantitative estimate of drug-likeness (QED) is 0.264. The van der Waals surface area contributed by atoms with Gasteiger partial charge in [-0.05, 0) is 72.6 Å². The Kier molecular flexibility index (Phi) is 7.47. The molecule has 0 spiro atoms. The van der Waals surface area contributed by atoms with Crippen LogP contribution in [0.25, 0.3) is 10.8 Å². The van der Waals surface area contributed by atoms with Crippen LogP contribution in [0.15, 0.2) is 100 Å². The second-order valence-corrected chi connectivity index (χ2v) is 11.0. The maximum Gasteiger partial charge on any atom is 0.192 e. The number of ether oxygens (including phenoxy) is 1. The van der Waals surface area contributed by atoms with Gasteiger partial charge in [0, 0.05) is 22.9 Å². The number of methoxy groups -OCH3 is 1. The van der Waals surface area contributed by atoms with Crippen molar-refractivity contribution in [3.63, 3.8) is 0 Å². The molecule has 0 radical (unpaired) electrons. The molecule has 4 aromatic rings. The Hall–Kier alpha value is -2.99. The van der Waals surface area contributed by atoms with Crippen LogP contribution in [0.2, 0.25) is 0 Å². The number of hydrogen-bond acceptors (Lipinski definition) is 4. The van der Waals surface area contributed by atoms with Crippen LogP contribution in [0.4, 0.5) is 5.69 Å². The van der Waals surface area contributed by atoms with Crippen molar-refractivity contribution >= 4 is 38.3 Å². The molecule has 4 aromatic carbocycles. The Morgan fingerprint density at radius 1 is 1.00 bits per heavy atom. The summed E-state index contributed by atoms with van der Waals surface area (Å²) in [6.45, 7) is 0.734. The molecule has 1 heterocycles. The fraction of sp³-hybridized carbons (Fsp3) is 0.281. The van der Waals surface area contributed by atoms with Crippen molar-refractivity contribution in [1.82, 2.24) is 4.90 Å². The van der Waals surface area contributed by atoms with Crippen molar-refractivity contribution in [3.05, 3.63) is 112 Å². The lowest BCUT2D eigenvalue weighted by Crippen LogP contribution is -2.44. The van der Waals surface area contributed by atoms with E-state index in [-0.39, 0.29) is 11.8 Å². The monoisotopic (exact) mass is 556 g/mol. The highest BCUT2D eigenvalue weighted by Crippen LogP contribution is 2.49. The summed E-state index contributed by atoms with van der Waals surface area (Å²) >= 11 is 3.63. The third kappa shape index (κ3) is 5.08. The predicted octanol–water partition coefficient (Wildman–Crippen LogP) is 7.07. The minimum atomic E-state index is -1.18. The molecule has 0 aliphatic carbocycles. The maximum absolute atomic E-state index is 13.1. The summed E-state index contributed by atoms with van der Waals surface area (Å²) in [5.74, 6) is 0.220. The van der Waals surface area contributed by atoms with Gasteiger partial charge in [-0.2, -0.15) is 0 Å². The molecule has 0 saturated carbocycles. The van der Waals surface area contributed by atoms with E-state index in [9.17, 15) is 5.11 Å². The zero-order chi connectivity index (χ0) is 26.0. The second-order valence-electron chi connectivity index (χ2n) is 10.1. The number of halogens is 1. The minimum absolute atomic E-state index is 0.152. The lowest BCUT2D eigenvalue weighted by atomic mass is 9.66. The fourth-order valence-corrected chi connectivity index (χ4v) is 6.17. The zero-order valence-electron chi connectivity index (χ0n) is 21.6. The third-order valence-corrected chi connectivity index (χ3v) is 8.00. The molecule has 5 rings (SSSR count). The summed E-state index contributed by atoms with van der Waals surface area (Å²) < 4.78 is 6.98. The van der Waals surface area contributed by atoms with E-state index in [0.29, 0.717) is 12.3 Å². The smallest absolute Gasteiger partial charge is 0.192 e. The zero-order valence-corrected chi connectivity index (χ0v) is 23.2. The minimum Gasteiger partial charge on any atom is -0.484 e. The molecule has 5 heteroatoms. The SMILES string of the molecule is COC1=Nc2ccc(Br)cc2CC1C(c1ccccc1)[C@@](O)(CCN(C)C)c1cccc2ccccc12. The summed E-state index contributed by atoms with van der Waals surface area (Å²) in [5, 5.41) is 15.3. The van der Waals surface area contributed by atoms with E-state index in [2.05, 4.69) is 95.6 Å². The molecule has 1 aliphatic heterocycles. The standard InChI is InChI=1S/C32H33BrN2O2/c1-35(2)19-18-32(36,28-15-9-13-22-10-7-8-14-26(22)28)30(23-11-5-4-6-12-23)27-21-24-20-25(33)16-17-29(24)34-31(27)37-3/h4-17,20,27,30,36H,18-19,21H2,1-3H3/t27?,30?,32-/m1/s1. The summed E-state index contributed by atoms with van der Waals surface area (Å²) in [5.41, 5.74) is 2.90. The molecular weight excluding hydrogens is 524 g/mol. The highest BCUT2D eigenvalue weighted by molar-refractivity contribution is 9.10. The topological polar surface area (TPSA) is 45.1 Å². The van der Waals surface area contributed by atoms with Crippen LogP contribution in [0.5, 0.6) is 0 Å². The van der Waals surface area contributed by atoms with Gasteiger partial charge in [0.1, 0.15) is 0 Å². The van der Waals surface area contributed by atoms with E-state index < -0.39 is 5.60 Å². The molecule has 1 aliphatic rings. The average Bonchev–Trinajstić information content (AvgIpc) is 2.92. The summed E-state index contributed by atoms with van der Waals surface area (Å²) in [6.07, 6.45) is 1.28. The third-order valence-electron chi connectivity index (χ3n) is 7.51. The first kappa shape index (κ1) is 25.7. The van der Waals surface area contributed by atoms with Gasteiger partial charge in [0.25, 0.3) is 0 Å². The first-order chi connectivity index (χ1) is 17.9. The van der Waals surface area contributed by atoms with Crippen molar-refractivity contribution in [2.24, 2.45) is 10.9 Å². The molecule has 2 unspecified atom stereocenters. The van der Waals surface area contributed by atoms with Crippen molar-refractivity contribution in [2.75, 3.05) is 27.7 Å². The molecule has 0 aromatic heterocycles. The maximum atomic E-state index is 13.1. The number of aliphatic imine (C=N–C) groups is 1. The van der Waals surface area contributed by atoms with Crippen molar-refractivity contribution in [2.45, 2.75) is 24.4 Å². The van der Waals surface area contributed by atoms with Crippen LogP contribution >= 0.6 is 15.9 Å². The largest absolute Gasteiger partial charge is 0.484 e. The average molecular weight is 558 g/mol. The van der Waals surface area contributed by atoms with E-state index in [1.54, 1.807) is 7.11 Å². The van der Waals surface area contributed by atoms with Crippen LogP contribution < -0.4 is 0 Å². The Morgan fingerprint density at radius 2 is 1.73 bits per heavy atom. The highest BCUT2D eigenvalue weighted by atomic mass is 79.9. The summed E-state index contributed by atoms with van der Waals surface area (Å²) in [4.78, 5) is 7.09. The molecule has 0 amide bonds. The van der Waals surface area contributed by atoms with Gasteiger partial charge in [-0.3, -0.25) is 0 Å². The lowest BCUT2D eigenvalue weighted by molar-refractivity contribution is -0.0185. The van der Waals surface area contributed by atoms with Gasteiger partial charge in [0.2, 0.25) is 0 Å². The van der Waals surface area contributed by atoms with Crippen LogP contribution in [-0.2, 0) is 16.8 Å². The van der Waals surface area contributed by atoms with Crippen molar-refractivity contribution in [1.29, 1.82) is 0 Å². The van der Waals surface area contributed by atoms with Gasteiger partial charge in [-0.1, -0.05) is 88.7 Å².